The largest absolute Gasteiger partial charge is 0.507 e. The zero-order valence-corrected chi connectivity index (χ0v) is 59.1. The Hall–Kier alpha value is -12.2. The lowest BCUT2D eigenvalue weighted by molar-refractivity contribution is 0.0977. The average Bonchev–Trinajstić information content (AvgIpc) is 1.77. The summed E-state index contributed by atoms with van der Waals surface area (Å²) in [5.74, 6) is 11.1. The monoisotopic (exact) mass is 1380 g/mol. The van der Waals surface area contributed by atoms with Crippen molar-refractivity contribution in [3.05, 3.63) is 256 Å². The number of phenolic OH excluding ortho intramolecular Hbond substituents is 1. The molecule has 0 aliphatic carbocycles. The van der Waals surface area contributed by atoms with Gasteiger partial charge in [-0.2, -0.15) is 5.10 Å². The number of piperidine rings is 1. The van der Waals surface area contributed by atoms with E-state index in [1.807, 2.05) is 228 Å². The molecule has 2 aliphatic heterocycles. The maximum absolute atomic E-state index is 12.9. The fraction of sp³-hybridized carbons (Fsp3) is 0.247. The van der Waals surface area contributed by atoms with Crippen molar-refractivity contribution in [1.29, 1.82) is 0 Å². The fourth-order valence-corrected chi connectivity index (χ4v) is 12.5. The van der Waals surface area contributed by atoms with Crippen LogP contribution in [0, 0.1) is 59.3 Å². The minimum atomic E-state index is 0.0675. The van der Waals surface area contributed by atoms with E-state index in [9.17, 15) is 19.5 Å². The minimum absolute atomic E-state index is 0.0675. The number of hydrogen-bond acceptors (Lipinski definition) is 16. The number of aromatic nitrogens is 12. The second-order valence-corrected chi connectivity index (χ2v) is 26.4. The number of Topliss-reactive ketones (excluding diaryl/α,β-unsaturated/α-hetero) is 3. The number of hydrogen-bond donors (Lipinski definition) is 4. The SMILES string of the molecule is Cc1cc(C(=O)Cc2cc(Oc3ccc(O)c(-c4ccccn4)c3)ccc2C)n(C)c1.Cc1cc(C(=O)Cc2cc(Oc3ccc4nc(C#CC5CNC5)cn4n3)ccc2C)n(C)c1.Cc1cc(C(=O)Cc2cc(Oc3ccc4nc(Nc5cnn(C6CCNCC6)c5)cn4n3)ccc2C)n(C)c1. The molecule has 4 N–H and O–H groups in total. The van der Waals surface area contributed by atoms with E-state index in [4.69, 9.17) is 14.2 Å². The normalized spacial score (nSPS) is 12.9. The molecule has 0 unspecified atom stereocenters. The number of ketones is 3. The summed E-state index contributed by atoms with van der Waals surface area (Å²) in [6, 6.07) is 41.3. The molecule has 4 aromatic carbocycles. The van der Waals surface area contributed by atoms with E-state index in [1.165, 1.54) is 0 Å². The highest BCUT2D eigenvalue weighted by atomic mass is 16.5. The van der Waals surface area contributed by atoms with Crippen molar-refractivity contribution < 1.29 is 33.7 Å². The van der Waals surface area contributed by atoms with Crippen LogP contribution >= 0.6 is 0 Å². The quantitative estimate of drug-likeness (QED) is 0.0435. The van der Waals surface area contributed by atoms with Crippen LogP contribution in [0.1, 0.15) is 106 Å². The molecule has 22 heteroatoms. The number of imidazole rings is 2. The molecule has 2 aliphatic rings. The summed E-state index contributed by atoms with van der Waals surface area (Å²) in [6.07, 6.45) is 18.1. The van der Waals surface area contributed by atoms with Crippen LogP contribution in [0.3, 0.4) is 0 Å². The van der Waals surface area contributed by atoms with Gasteiger partial charge in [0.1, 0.15) is 34.4 Å². The third kappa shape index (κ3) is 17.0. The van der Waals surface area contributed by atoms with Crippen molar-refractivity contribution in [3.63, 3.8) is 0 Å². The lowest BCUT2D eigenvalue weighted by Crippen LogP contribution is -2.40. The third-order valence-corrected chi connectivity index (χ3v) is 18.2. The highest BCUT2D eigenvalue weighted by molar-refractivity contribution is 5.98. The van der Waals surface area contributed by atoms with Crippen molar-refractivity contribution in [2.45, 2.75) is 79.7 Å². The first-order chi connectivity index (χ1) is 49.7. The number of nitrogens with one attached hydrogen (secondary N) is 3. The topological polar surface area (TPSA) is 241 Å². The Morgan fingerprint density at radius 3 is 1.55 bits per heavy atom. The van der Waals surface area contributed by atoms with Gasteiger partial charge >= 0.3 is 0 Å². The van der Waals surface area contributed by atoms with Gasteiger partial charge in [0.05, 0.1) is 53.1 Å². The van der Waals surface area contributed by atoms with Crippen LogP contribution in [-0.2, 0) is 40.4 Å². The van der Waals surface area contributed by atoms with Crippen LogP contribution < -0.4 is 30.2 Å². The number of carbonyl (C=O) groups is 3. The summed E-state index contributed by atoms with van der Waals surface area (Å²) in [4.78, 5) is 52.0. The third-order valence-electron chi connectivity index (χ3n) is 18.2. The molecule has 0 bridgehead atoms. The van der Waals surface area contributed by atoms with Gasteiger partial charge in [-0.25, -0.2) is 19.0 Å². The number of fused-ring (bicyclic) bond motifs is 2. The second kappa shape index (κ2) is 30.7. The first-order valence-corrected chi connectivity index (χ1v) is 34.3. The van der Waals surface area contributed by atoms with Gasteiger partial charge in [-0.05, 0) is 221 Å². The highest BCUT2D eigenvalue weighted by Gasteiger charge is 2.21. The molecule has 13 aromatic rings. The summed E-state index contributed by atoms with van der Waals surface area (Å²) in [5, 5.41) is 33.8. The van der Waals surface area contributed by atoms with Gasteiger partial charge in [0.2, 0.25) is 11.8 Å². The van der Waals surface area contributed by atoms with Gasteiger partial charge in [0.25, 0.3) is 0 Å². The van der Waals surface area contributed by atoms with Crippen molar-refractivity contribution in [1.82, 2.24) is 68.3 Å². The zero-order chi connectivity index (χ0) is 71.8. The number of aryl methyl sites for hydroxylation is 9. The molecule has 0 spiro atoms. The number of rotatable bonds is 19. The predicted molar refractivity (Wildman–Crippen MR) is 396 cm³/mol. The maximum atomic E-state index is 12.9. The average molecular weight is 1380 g/mol. The molecular formula is C81H81N15O7. The molecule has 11 heterocycles. The van der Waals surface area contributed by atoms with Crippen LogP contribution in [0.2, 0.25) is 0 Å². The number of phenols is 1. The van der Waals surface area contributed by atoms with Gasteiger partial charge in [0.15, 0.2) is 34.5 Å². The number of pyridine rings is 1. The number of ether oxygens (including phenoxy) is 3. The highest BCUT2D eigenvalue weighted by Crippen LogP contribution is 2.35. The van der Waals surface area contributed by atoms with Crippen LogP contribution in [0.5, 0.6) is 40.5 Å². The Kier molecular flexibility index (Phi) is 20.7. The summed E-state index contributed by atoms with van der Waals surface area (Å²) in [7, 11) is 5.68. The van der Waals surface area contributed by atoms with E-state index >= 15 is 0 Å². The van der Waals surface area contributed by atoms with Crippen molar-refractivity contribution in [2.24, 2.45) is 27.1 Å². The van der Waals surface area contributed by atoms with Gasteiger partial charge in [-0.3, -0.25) is 24.0 Å². The molecule has 0 radical (unpaired) electrons. The standard InChI is InChI=1S/C29H32N8O2.C26H25N5O2.C26H24N2O3/c1-19-12-25(35(3)16-19)26(38)14-21-13-24(5-4-20(21)2)39-29-7-6-28-33-27(18-37(28)34-29)32-22-15-31-36(17-22)23-8-10-30-11-9-23;1-17-10-23(30(3)15-17)24(32)12-20-11-22(7-4-18(20)2)33-26-9-8-25-28-21(16-31(25)29-26)6-5-19-13-27-14-19;1-17-12-24(28(3)16-17)26(30)14-19-13-20(8-7-18(19)2)31-21-9-10-25(29)22(15-21)23-6-4-5-11-27-23/h4-7,12-13,15-18,23,30,32H,8-11,14H2,1-3H3;4,7-11,15-16,19,27H,12-14H2,1-3H3;4-13,15-16,29H,14H2,1-3H3. The summed E-state index contributed by atoms with van der Waals surface area (Å²) in [6.45, 7) is 15.9. The predicted octanol–water partition coefficient (Wildman–Crippen LogP) is 13.9. The van der Waals surface area contributed by atoms with E-state index < -0.39 is 0 Å². The lowest BCUT2D eigenvalue weighted by atomic mass is 10.0. The smallest absolute Gasteiger partial charge is 0.237 e. The molecule has 103 heavy (non-hydrogen) atoms. The molecule has 0 atom stereocenters. The van der Waals surface area contributed by atoms with Gasteiger partial charge < -0.3 is 49.0 Å². The molecule has 522 valence electrons. The van der Waals surface area contributed by atoms with E-state index in [1.54, 1.807) is 45.6 Å². The molecule has 0 amide bonds. The fourth-order valence-electron chi connectivity index (χ4n) is 12.5. The zero-order valence-electron chi connectivity index (χ0n) is 59.1. The van der Waals surface area contributed by atoms with Crippen LogP contribution in [0.25, 0.3) is 22.6 Å². The summed E-state index contributed by atoms with van der Waals surface area (Å²) in [5.41, 5.74) is 15.5. The molecule has 22 nitrogen and oxygen atoms in total. The summed E-state index contributed by atoms with van der Waals surface area (Å²) < 4.78 is 29.2. The molecule has 15 rings (SSSR count). The van der Waals surface area contributed by atoms with E-state index in [2.05, 4.69) is 58.0 Å². The Balaban J connectivity index is 0.000000139. The first-order valence-electron chi connectivity index (χ1n) is 34.3. The molecule has 9 aromatic heterocycles. The molecular weight excluding hydrogens is 1290 g/mol. The molecule has 0 saturated carbocycles. The van der Waals surface area contributed by atoms with Crippen LogP contribution in [0.4, 0.5) is 11.5 Å². The summed E-state index contributed by atoms with van der Waals surface area (Å²) >= 11 is 0. The van der Waals surface area contributed by atoms with Gasteiger partial charge in [-0.15, -0.1) is 10.2 Å². The maximum Gasteiger partial charge on any atom is 0.237 e. The number of benzene rings is 4. The van der Waals surface area contributed by atoms with E-state index in [0.29, 0.717) is 117 Å². The van der Waals surface area contributed by atoms with Crippen LogP contribution in [0.15, 0.2) is 183 Å². The van der Waals surface area contributed by atoms with Gasteiger partial charge in [-0.1, -0.05) is 30.2 Å². The van der Waals surface area contributed by atoms with Crippen molar-refractivity contribution >= 4 is 40.1 Å². The Morgan fingerprint density at radius 2 is 1.06 bits per heavy atom. The van der Waals surface area contributed by atoms with E-state index in [0.717, 1.165) is 94.8 Å². The van der Waals surface area contributed by atoms with Gasteiger partial charge in [0, 0.05) is 108 Å². The Bertz CT molecular complexity index is 5340. The number of aromatic hydroxyl groups is 1. The number of carbonyl (C=O) groups excluding carboxylic acids is 3. The lowest BCUT2D eigenvalue weighted by Gasteiger charge is -2.22. The van der Waals surface area contributed by atoms with Crippen molar-refractivity contribution in [2.75, 3.05) is 31.5 Å². The molecule has 2 saturated heterocycles. The van der Waals surface area contributed by atoms with E-state index in [-0.39, 0.29) is 23.1 Å². The van der Waals surface area contributed by atoms with Crippen LogP contribution in [-0.4, -0.2) is 106 Å². The number of nitrogens with zero attached hydrogens (tertiary/aromatic N) is 12. The number of anilines is 2. The molecule has 2 fully saturated rings. The first kappa shape index (κ1) is 69.3. The Morgan fingerprint density at radius 1 is 0.553 bits per heavy atom. The Labute approximate surface area is 597 Å². The van der Waals surface area contributed by atoms with Crippen molar-refractivity contribution in [3.8, 4) is 63.6 Å². The second-order valence-electron chi connectivity index (χ2n) is 26.4. The minimum Gasteiger partial charge on any atom is -0.507 e.